The molecule has 286 valence electrons. The lowest BCUT2D eigenvalue weighted by Gasteiger charge is -2.38. The molecule has 2 saturated carbocycles. The predicted molar refractivity (Wildman–Crippen MR) is 196 cm³/mol. The van der Waals surface area contributed by atoms with Gasteiger partial charge in [0.25, 0.3) is 5.91 Å². The van der Waals surface area contributed by atoms with Crippen molar-refractivity contribution >= 4 is 35.0 Å². The van der Waals surface area contributed by atoms with E-state index in [1.54, 1.807) is 31.7 Å². The molecule has 3 atom stereocenters. The van der Waals surface area contributed by atoms with Crippen molar-refractivity contribution in [3.63, 3.8) is 0 Å². The molecule has 2 aliphatic heterocycles. The van der Waals surface area contributed by atoms with Gasteiger partial charge in [0.1, 0.15) is 23.6 Å². The van der Waals surface area contributed by atoms with E-state index >= 15 is 4.39 Å². The van der Waals surface area contributed by atoms with Gasteiger partial charge in [0.05, 0.1) is 31.0 Å². The van der Waals surface area contributed by atoms with E-state index in [2.05, 4.69) is 25.8 Å². The molecule has 1 aromatic carbocycles. The lowest BCUT2D eigenvalue weighted by atomic mass is 9.88. The van der Waals surface area contributed by atoms with Gasteiger partial charge < -0.3 is 36.4 Å². The number of nitrogens with one attached hydrogen (secondary N) is 3. The van der Waals surface area contributed by atoms with Gasteiger partial charge in [-0.15, -0.1) is 0 Å². The van der Waals surface area contributed by atoms with Gasteiger partial charge >= 0.3 is 0 Å². The van der Waals surface area contributed by atoms with E-state index in [9.17, 15) is 24.3 Å². The molecule has 2 heterocycles. The molecule has 0 unspecified atom stereocenters. The number of ether oxygens (including phenoxy) is 1. The van der Waals surface area contributed by atoms with Gasteiger partial charge in [-0.2, -0.15) is 0 Å². The highest BCUT2D eigenvalue weighted by Gasteiger charge is 2.48. The molecule has 4 amide bonds. The highest BCUT2D eigenvalue weighted by atomic mass is 19.1. The van der Waals surface area contributed by atoms with E-state index in [-0.39, 0.29) is 35.6 Å². The number of nitrogens with zero attached hydrogens (tertiary/aromatic N) is 3. The van der Waals surface area contributed by atoms with E-state index in [1.165, 1.54) is 24.4 Å². The van der Waals surface area contributed by atoms with E-state index in [0.717, 1.165) is 38.8 Å². The largest absolute Gasteiger partial charge is 0.405 e. The Bertz CT molecular complexity index is 1480. The maximum absolute atomic E-state index is 15.8. The van der Waals surface area contributed by atoms with Gasteiger partial charge in [-0.3, -0.25) is 29.1 Å². The fraction of sp³-hybridized carbons (Fsp3) is 0.658. The van der Waals surface area contributed by atoms with Crippen LogP contribution in [-0.4, -0.2) is 114 Å². The minimum atomic E-state index is -0.944. The second-order valence-corrected chi connectivity index (χ2v) is 15.0. The molecule has 0 bridgehead atoms. The number of halogens is 1. The predicted octanol–water partition coefficient (Wildman–Crippen LogP) is 2.30. The van der Waals surface area contributed by atoms with Gasteiger partial charge in [0, 0.05) is 45.1 Å². The van der Waals surface area contributed by atoms with Crippen molar-refractivity contribution in [2.45, 2.75) is 89.3 Å². The molecule has 13 nitrogen and oxygen atoms in total. The number of rotatable bonds is 16. The van der Waals surface area contributed by atoms with Gasteiger partial charge in [-0.05, 0) is 93.2 Å². The minimum Gasteiger partial charge on any atom is -0.405 e. The third-order valence-corrected chi connectivity index (χ3v) is 10.9. The van der Waals surface area contributed by atoms with Crippen LogP contribution in [0.5, 0.6) is 0 Å². The van der Waals surface area contributed by atoms with Crippen molar-refractivity contribution in [2.75, 3.05) is 57.8 Å². The number of aliphatic imine (C=N–C) groups is 1. The fourth-order valence-corrected chi connectivity index (χ4v) is 7.27. The fourth-order valence-electron chi connectivity index (χ4n) is 7.27. The number of aliphatic hydroxyl groups is 1. The Morgan fingerprint density at radius 2 is 1.71 bits per heavy atom. The normalized spacial score (nSPS) is 21.4. The van der Waals surface area contributed by atoms with Crippen molar-refractivity contribution < 1.29 is 33.4 Å². The summed E-state index contributed by atoms with van der Waals surface area (Å²) in [4.78, 5) is 62.1. The molecular weight excluding hydrogens is 669 g/mol. The Labute approximate surface area is 306 Å². The second kappa shape index (κ2) is 17.8. The van der Waals surface area contributed by atoms with Crippen LogP contribution in [-0.2, 0) is 23.9 Å². The maximum Gasteiger partial charge on any atom is 0.270 e. The molecule has 14 heteroatoms. The highest BCUT2D eigenvalue weighted by Crippen LogP contribution is 2.51. The first-order valence-corrected chi connectivity index (χ1v) is 18.8. The second-order valence-electron chi connectivity index (χ2n) is 15.0. The number of hydrogen-bond donors (Lipinski definition) is 5. The zero-order valence-electron chi connectivity index (χ0n) is 30.7. The van der Waals surface area contributed by atoms with Gasteiger partial charge in [0.2, 0.25) is 17.7 Å². The van der Waals surface area contributed by atoms with Crippen LogP contribution in [0, 0.1) is 23.6 Å². The standard InChI is InChI=1S/C38H56FN7O6/c1-4-31(47)43-33(37(50)46-16-12-38(3,51)13-17-46)24(2)27-9-10-29(28(39)23-27)42-36(49)34(32(25-5-6-25)26-7-8-26)44-35(48)30(11-14-40)41-15-18-45-19-21-52-22-20-45/h9-11,14,23-26,32-34,51H,4-8,12-13,15-22,40H2,1-3H3,(H,42,49)(H,43,47)(H,44,48)/b14-11-,41-30?/t24-,33+,34-/m0/s1. The maximum atomic E-state index is 15.8. The summed E-state index contributed by atoms with van der Waals surface area (Å²) in [6.45, 7) is 9.83. The molecule has 0 radical (unpaired) electrons. The first-order valence-electron chi connectivity index (χ1n) is 18.8. The summed E-state index contributed by atoms with van der Waals surface area (Å²) < 4.78 is 21.2. The van der Waals surface area contributed by atoms with Crippen molar-refractivity contribution in [1.82, 2.24) is 20.4 Å². The van der Waals surface area contributed by atoms with Crippen LogP contribution >= 0.6 is 0 Å². The lowest BCUT2D eigenvalue weighted by Crippen LogP contribution is -2.54. The molecule has 1 aromatic rings. The third-order valence-electron chi connectivity index (χ3n) is 10.9. The van der Waals surface area contributed by atoms with Crippen LogP contribution in [0.2, 0.25) is 0 Å². The lowest BCUT2D eigenvalue weighted by molar-refractivity contribution is -0.140. The minimum absolute atomic E-state index is 0.0504. The first-order chi connectivity index (χ1) is 24.9. The molecule has 4 fully saturated rings. The Balaban J connectivity index is 1.30. The zero-order valence-corrected chi connectivity index (χ0v) is 30.7. The summed E-state index contributed by atoms with van der Waals surface area (Å²) in [5.41, 5.74) is 5.36. The Hall–Kier alpha value is -3.88. The number of morpholine rings is 1. The molecule has 4 aliphatic rings. The molecule has 0 aromatic heterocycles. The number of nitrogens with two attached hydrogens (primary N) is 1. The summed E-state index contributed by atoms with van der Waals surface area (Å²) >= 11 is 0. The molecule has 2 saturated heterocycles. The summed E-state index contributed by atoms with van der Waals surface area (Å²) in [7, 11) is 0. The van der Waals surface area contributed by atoms with Crippen molar-refractivity contribution in [1.29, 1.82) is 0 Å². The average Bonchev–Trinajstić information content (AvgIpc) is 4.07. The zero-order chi connectivity index (χ0) is 37.4. The van der Waals surface area contributed by atoms with Crippen molar-refractivity contribution in [2.24, 2.45) is 28.5 Å². The molecule has 52 heavy (non-hydrogen) atoms. The van der Waals surface area contributed by atoms with E-state index in [0.29, 0.717) is 69.6 Å². The summed E-state index contributed by atoms with van der Waals surface area (Å²) in [6, 6.07) is 2.52. The average molecular weight is 726 g/mol. The number of anilines is 1. The van der Waals surface area contributed by atoms with Crippen LogP contribution in [0.15, 0.2) is 35.5 Å². The monoisotopic (exact) mass is 725 g/mol. The van der Waals surface area contributed by atoms with Crippen LogP contribution < -0.4 is 21.7 Å². The topological polar surface area (TPSA) is 179 Å². The van der Waals surface area contributed by atoms with Crippen molar-refractivity contribution in [3.8, 4) is 0 Å². The Morgan fingerprint density at radius 1 is 1.06 bits per heavy atom. The number of carbonyl (C=O) groups is 4. The molecule has 5 rings (SSSR count). The van der Waals surface area contributed by atoms with E-state index < -0.39 is 41.2 Å². The number of likely N-dealkylation sites (tertiary alicyclic amines) is 1. The molecule has 0 spiro atoms. The highest BCUT2D eigenvalue weighted by molar-refractivity contribution is 6.43. The first kappa shape index (κ1) is 39.3. The SMILES string of the molecule is CCC(=O)N[C@@H](C(=O)N1CCC(C)(O)CC1)[C@@H](C)c1ccc(NC(=O)[C@@H](NC(=O)C(/C=C\N)=NCCN2CCOCC2)C(C2CC2)C2CC2)c(F)c1. The Kier molecular flexibility index (Phi) is 13.4. The number of amides is 4. The molecule has 2 aliphatic carbocycles. The third kappa shape index (κ3) is 10.6. The molecular formula is C38H56FN7O6. The van der Waals surface area contributed by atoms with E-state index in [4.69, 9.17) is 10.5 Å². The smallest absolute Gasteiger partial charge is 0.270 e. The molecule has 6 N–H and O–H groups in total. The van der Waals surface area contributed by atoms with E-state index in [1.807, 2.05) is 0 Å². The van der Waals surface area contributed by atoms with Gasteiger partial charge in [-0.1, -0.05) is 19.9 Å². The quantitative estimate of drug-likeness (QED) is 0.161. The van der Waals surface area contributed by atoms with Crippen LogP contribution in [0.4, 0.5) is 10.1 Å². The Morgan fingerprint density at radius 3 is 2.29 bits per heavy atom. The van der Waals surface area contributed by atoms with Crippen LogP contribution in [0.25, 0.3) is 0 Å². The van der Waals surface area contributed by atoms with Gasteiger partial charge in [-0.25, -0.2) is 4.39 Å². The van der Waals surface area contributed by atoms with Gasteiger partial charge in [0.15, 0.2) is 0 Å². The summed E-state index contributed by atoms with van der Waals surface area (Å²) in [5, 5.41) is 18.9. The number of hydrogen-bond acceptors (Lipinski definition) is 9. The number of carbonyl (C=O) groups excluding carboxylic acids is 4. The summed E-state index contributed by atoms with van der Waals surface area (Å²) in [5.74, 6) is -2.41. The van der Waals surface area contributed by atoms with Crippen LogP contribution in [0.1, 0.15) is 77.2 Å². The summed E-state index contributed by atoms with van der Waals surface area (Å²) in [6.07, 6.45) is 7.57. The number of piperidine rings is 1. The number of benzene rings is 1. The van der Waals surface area contributed by atoms with Crippen LogP contribution in [0.3, 0.4) is 0 Å². The van der Waals surface area contributed by atoms with Crippen molar-refractivity contribution in [3.05, 3.63) is 41.9 Å².